The van der Waals surface area contributed by atoms with Gasteiger partial charge >= 0.3 is 26.3 Å². The fourth-order valence-corrected chi connectivity index (χ4v) is 16.1. The van der Waals surface area contributed by atoms with Crippen molar-refractivity contribution >= 4 is 200 Å². The van der Waals surface area contributed by atoms with Crippen LogP contribution in [0.15, 0.2) is 325 Å². The number of hydrogen-bond acceptors (Lipinski definition) is 30. The summed E-state index contributed by atoms with van der Waals surface area (Å²) in [6.45, 7) is 8.08. The Morgan fingerprint density at radius 1 is 0.303 bits per heavy atom. The molecule has 0 saturated carbocycles. The van der Waals surface area contributed by atoms with Crippen LogP contribution in [0.5, 0.6) is 0 Å². The van der Waals surface area contributed by atoms with Crippen molar-refractivity contribution in [3.63, 3.8) is 0 Å². The van der Waals surface area contributed by atoms with Crippen LogP contribution in [0.1, 0.15) is 79.6 Å². The minimum absolute atomic E-state index is 0. The van der Waals surface area contributed by atoms with Crippen LogP contribution >= 0.6 is 56.9 Å². The lowest BCUT2D eigenvalue weighted by Gasteiger charge is -2.12. The summed E-state index contributed by atoms with van der Waals surface area (Å²) in [4.78, 5) is 16.2. The Morgan fingerprint density at radius 2 is 0.655 bits per heavy atom. The first-order valence-corrected chi connectivity index (χ1v) is 47.9. The molecule has 766 valence electrons. The molecule has 0 aliphatic heterocycles. The lowest BCUT2D eigenvalue weighted by molar-refractivity contribution is -0.714. The average Bonchev–Trinajstić information content (AvgIpc) is 1.02. The van der Waals surface area contributed by atoms with Gasteiger partial charge in [-0.3, -0.25) is 0 Å². The van der Waals surface area contributed by atoms with Gasteiger partial charge in [0.05, 0.1) is 69.0 Å². The molecule has 0 aliphatic rings. The maximum absolute atomic E-state index is 9.21. The molecular formula is C108H151N32S5+7. The summed E-state index contributed by atoms with van der Waals surface area (Å²) in [5.41, 5.74) is 20.8. The molecule has 0 unspecified atom stereocenters. The number of hydrogen-bond donors (Lipinski definition) is 0. The standard InChI is InChI=1S/2C18H19N4.C14H16N5S.C13H19N6S.2C13H17N4S.C12H16N5S.7CH4/c1-21(2)16-11-9-15(10-12-16)19-20-18-13-8-14-6-4-5-7-17(14)22(18)3;1-21(2)15-10-8-14(9-11-15)19-20-17-12-13-22(3)18-7-5-4-6-16(17)18;1-10-9-20-14(19(10)4)17-16-13-6-5-12(18(2)3)7-11(13)8-15;1-17(2)11-8-6-10(7-9-11)14-15-12-19(5)16-13(20-12)18(3)4;1-10-9-18-13(17(10)4)15-14-11-5-7-12(8-6-11)16(2)3;1-10-9-13(18-17(10)4)15-14-11-5-7-12(8-6-11)16(2)3;1-9-15-17(4)12(18-9)14-13-10-5-7-11(8-6-10)16(2)3;;;;;;;/h2*4-13H,1-3H3;5-7,9H,1-4H3;6-9H,1-5H3;2*5-9H,1-4H3;5-8H,1-4H3;7*1H4/q7*+1;;;;;;;. The largest absolute Gasteiger partial charge is 0.431 e. The van der Waals surface area contributed by atoms with E-state index < -0.39 is 0 Å². The Bertz CT molecular complexity index is 6840. The highest BCUT2D eigenvalue weighted by Crippen LogP contribution is 2.33. The molecule has 145 heavy (non-hydrogen) atoms. The van der Waals surface area contributed by atoms with E-state index in [-0.39, 0.29) is 52.0 Å². The van der Waals surface area contributed by atoms with Gasteiger partial charge < -0.3 is 39.2 Å². The third kappa shape index (κ3) is 37.0. The van der Waals surface area contributed by atoms with E-state index >= 15 is 0 Å². The van der Waals surface area contributed by atoms with Crippen molar-refractivity contribution in [2.75, 3.05) is 152 Å². The molecule has 37 heteroatoms. The number of pyridine rings is 2. The molecule has 0 saturated heterocycles. The third-order valence-electron chi connectivity index (χ3n) is 20.9. The van der Waals surface area contributed by atoms with Crippen molar-refractivity contribution < 1.29 is 31.6 Å². The van der Waals surface area contributed by atoms with Gasteiger partial charge in [0.1, 0.15) is 83.2 Å². The fourth-order valence-electron chi connectivity index (χ4n) is 12.3. The van der Waals surface area contributed by atoms with Gasteiger partial charge in [-0.1, -0.05) is 92.5 Å². The zero-order chi connectivity index (χ0) is 99.8. The lowest BCUT2D eigenvalue weighted by atomic mass is 10.1. The third-order valence-corrected chi connectivity index (χ3v) is 26.0. The summed E-state index contributed by atoms with van der Waals surface area (Å²) in [5.74, 6) is 0.829. The maximum atomic E-state index is 9.21. The normalized spacial score (nSPS) is 10.6. The number of para-hydroxylation sites is 2. The van der Waals surface area contributed by atoms with E-state index in [0.29, 0.717) is 11.3 Å². The summed E-state index contributed by atoms with van der Waals surface area (Å²) < 4.78 is 13.7. The summed E-state index contributed by atoms with van der Waals surface area (Å²) in [6, 6.07) is 80.2. The van der Waals surface area contributed by atoms with Crippen molar-refractivity contribution in [3.05, 3.63) is 281 Å². The second kappa shape index (κ2) is 60.4. The molecule has 7 aromatic heterocycles. The summed E-state index contributed by atoms with van der Waals surface area (Å²) in [5, 5.41) is 90.1. The molecule has 0 N–H and O–H groups in total. The zero-order valence-electron chi connectivity index (χ0n) is 83.6. The molecule has 16 aromatic rings. The summed E-state index contributed by atoms with van der Waals surface area (Å²) in [6.07, 6.45) is 2.01. The zero-order valence-corrected chi connectivity index (χ0v) is 87.7. The van der Waals surface area contributed by atoms with E-state index in [4.69, 9.17) is 0 Å². The first-order valence-electron chi connectivity index (χ1n) is 43.8. The number of nitrogens with zero attached hydrogens (tertiary/aromatic N) is 32. The number of fused-ring (bicyclic) bond motifs is 2. The smallest absolute Gasteiger partial charge is 0.378 e. The Balaban J connectivity index is 0.000000432. The first-order chi connectivity index (χ1) is 66.0. The Hall–Kier alpha value is -15.1. The second-order valence-corrected chi connectivity index (χ2v) is 38.0. The minimum atomic E-state index is 0. The Kier molecular flexibility index (Phi) is 51.6. The van der Waals surface area contributed by atoms with Crippen molar-refractivity contribution in [2.24, 2.45) is 121 Å². The van der Waals surface area contributed by atoms with Crippen LogP contribution in [0.2, 0.25) is 0 Å². The predicted molar refractivity (Wildman–Crippen MR) is 613 cm³/mol. The highest BCUT2D eigenvalue weighted by Gasteiger charge is 2.21. The number of azo groups is 7. The highest BCUT2D eigenvalue weighted by molar-refractivity contribution is 7.18. The van der Waals surface area contributed by atoms with Gasteiger partial charge in [0, 0.05) is 200 Å². The minimum Gasteiger partial charge on any atom is -0.378 e. The van der Waals surface area contributed by atoms with Gasteiger partial charge in [-0.05, 0) is 274 Å². The van der Waals surface area contributed by atoms with Gasteiger partial charge in [-0.25, -0.2) is 18.3 Å². The Labute approximate surface area is 881 Å². The van der Waals surface area contributed by atoms with Crippen LogP contribution < -0.4 is 70.8 Å². The molecule has 0 amide bonds. The second-order valence-electron chi connectivity index (χ2n) is 33.1. The SMILES string of the molecule is C.C.C.C.C.C.C.CN(C)c1ccc(N=Nc2cc[n+](C)c3ccccc23)cc1.CN(C)c1ccc(N=Nc2ccc3ccccc3[n+]2C)cc1.CN(C)c1ccc(N=Nc2sc(N(C)C)n[n+]2C)cc1.Cc1cc(N=Nc2ccc(N(C)C)cc2)s[n+]1C.Cc1csc(N=Nc2ccc(N(C)C)cc2)[n+]1C.Cc1csc(N=Nc2ccc(N(C)C)cc2C#N)[n+]1C.Cc1n[n+](C)c(N=Nc2ccc(N(C)C)cc2)s1. The topological polar surface area (TPSA) is 276 Å². The molecular weight excluding hydrogens is 1910 g/mol. The molecule has 9 aromatic carbocycles. The maximum Gasteiger partial charge on any atom is 0.431 e. The number of anilines is 8. The number of aromatic nitrogens is 9. The number of benzene rings is 9. The van der Waals surface area contributed by atoms with Crippen molar-refractivity contribution in [1.82, 2.24) is 10.2 Å². The van der Waals surface area contributed by atoms with E-state index in [1.165, 1.54) is 50.8 Å². The lowest BCUT2D eigenvalue weighted by Crippen LogP contribution is -2.30. The van der Waals surface area contributed by atoms with E-state index in [0.717, 1.165) is 143 Å². The molecule has 0 aliphatic carbocycles. The molecule has 0 fully saturated rings. The molecule has 0 spiro atoms. The number of aryl methyl sites for hydroxylation is 9. The highest BCUT2D eigenvalue weighted by atomic mass is 32.1. The predicted octanol–water partition coefficient (Wildman–Crippen LogP) is 28.0. The molecule has 7 heterocycles. The van der Waals surface area contributed by atoms with E-state index in [2.05, 4.69) is 166 Å². The van der Waals surface area contributed by atoms with Crippen LogP contribution in [0, 0.1) is 39.0 Å². The monoisotopic (exact) mass is 2060 g/mol. The van der Waals surface area contributed by atoms with E-state index in [9.17, 15) is 5.26 Å². The molecule has 0 radical (unpaired) electrons. The first kappa shape index (κ1) is 124. The van der Waals surface area contributed by atoms with Gasteiger partial charge in [-0.15, -0.1) is 28.7 Å². The van der Waals surface area contributed by atoms with E-state index in [1.807, 2.05) is 427 Å². The van der Waals surface area contributed by atoms with Crippen molar-refractivity contribution in [3.8, 4) is 6.07 Å². The summed E-state index contributed by atoms with van der Waals surface area (Å²) >= 11 is 7.74. The number of nitriles is 1. The molecule has 0 atom stereocenters. The number of rotatable bonds is 22. The van der Waals surface area contributed by atoms with Crippen LogP contribution in [0.4, 0.5) is 122 Å². The Morgan fingerprint density at radius 3 is 1.02 bits per heavy atom. The summed E-state index contributed by atoms with van der Waals surface area (Å²) in [7, 11) is 45.7. The van der Waals surface area contributed by atoms with Gasteiger partial charge in [0.2, 0.25) is 15.6 Å². The molecule has 0 bridgehead atoms. The van der Waals surface area contributed by atoms with Gasteiger partial charge in [0.25, 0.3) is 0 Å². The van der Waals surface area contributed by atoms with Gasteiger partial charge in [-0.2, -0.15) is 10.4 Å². The van der Waals surface area contributed by atoms with E-state index in [1.54, 1.807) is 32.2 Å². The van der Waals surface area contributed by atoms with Crippen molar-refractivity contribution in [2.45, 2.75) is 79.7 Å². The van der Waals surface area contributed by atoms with Gasteiger partial charge in [0.15, 0.2) is 30.5 Å². The molecule has 16 rings (SSSR count). The molecule has 32 nitrogen and oxygen atoms in total. The fraction of sp³-hybridized carbons (Fsp3) is 0.315. The van der Waals surface area contributed by atoms with Crippen LogP contribution in [-0.4, -0.2) is 123 Å². The van der Waals surface area contributed by atoms with Crippen LogP contribution in [0.3, 0.4) is 0 Å². The average molecular weight is 2060 g/mol. The quantitative estimate of drug-likeness (QED) is 0.0454. The van der Waals surface area contributed by atoms with Crippen molar-refractivity contribution in [1.29, 1.82) is 5.26 Å². The number of thiazole rings is 2. The van der Waals surface area contributed by atoms with Crippen LogP contribution in [-0.2, 0) is 49.3 Å². The van der Waals surface area contributed by atoms with Crippen LogP contribution in [0.25, 0.3) is 21.8 Å².